The van der Waals surface area contributed by atoms with Gasteiger partial charge in [0.15, 0.2) is 0 Å². The van der Waals surface area contributed by atoms with Gasteiger partial charge in [0, 0.05) is 23.5 Å². The van der Waals surface area contributed by atoms with Crippen LogP contribution in [0, 0.1) is 0 Å². The van der Waals surface area contributed by atoms with Crippen LogP contribution in [-0.2, 0) is 17.6 Å². The Kier molecular flexibility index (Phi) is 6.85. The molecule has 0 atom stereocenters. The van der Waals surface area contributed by atoms with Crippen LogP contribution in [0.1, 0.15) is 48.4 Å². The van der Waals surface area contributed by atoms with Gasteiger partial charge in [-0.2, -0.15) is 0 Å². The minimum absolute atomic E-state index is 0.134. The molecule has 0 unspecified atom stereocenters. The predicted molar refractivity (Wildman–Crippen MR) is 145 cm³/mol. The lowest BCUT2D eigenvalue weighted by atomic mass is 10.1. The van der Waals surface area contributed by atoms with Crippen LogP contribution in [0.15, 0.2) is 91.1 Å². The van der Waals surface area contributed by atoms with Gasteiger partial charge in [0.25, 0.3) is 0 Å². The summed E-state index contributed by atoms with van der Waals surface area (Å²) in [5.74, 6) is -0.134. The van der Waals surface area contributed by atoms with Crippen LogP contribution in [0.5, 0.6) is 0 Å². The molecule has 1 aromatic heterocycles. The highest BCUT2D eigenvalue weighted by Crippen LogP contribution is 2.37. The maximum Gasteiger partial charge on any atom is 0.248 e. The van der Waals surface area contributed by atoms with Crippen molar-refractivity contribution in [3.63, 3.8) is 0 Å². The number of pyridine rings is 1. The van der Waals surface area contributed by atoms with E-state index < -0.39 is 0 Å². The van der Waals surface area contributed by atoms with Crippen LogP contribution in [0.3, 0.4) is 0 Å². The Morgan fingerprint density at radius 2 is 1.74 bits per heavy atom. The van der Waals surface area contributed by atoms with Crippen molar-refractivity contribution in [1.29, 1.82) is 0 Å². The normalized spacial score (nSPS) is 11.9. The Labute approximate surface area is 207 Å². The number of aryl methyl sites for hydroxylation is 1. The summed E-state index contributed by atoms with van der Waals surface area (Å²) in [6, 6.07) is 27.0. The second kappa shape index (κ2) is 10.5. The van der Waals surface area contributed by atoms with E-state index in [0.717, 1.165) is 35.3 Å². The first kappa shape index (κ1) is 22.8. The topological polar surface area (TPSA) is 42.0 Å². The maximum atomic E-state index is 12.5. The van der Waals surface area contributed by atoms with E-state index in [4.69, 9.17) is 0 Å². The molecule has 0 radical (unpaired) electrons. The average molecular weight is 459 g/mol. The number of unbranched alkanes of at least 4 members (excludes halogenated alkanes) is 2. The Bertz CT molecular complexity index is 1350. The molecule has 3 heteroatoms. The van der Waals surface area contributed by atoms with Crippen molar-refractivity contribution in [2.75, 3.05) is 5.32 Å². The summed E-state index contributed by atoms with van der Waals surface area (Å²) in [6.45, 7) is 2.22. The van der Waals surface area contributed by atoms with Gasteiger partial charge in [-0.3, -0.25) is 9.78 Å². The molecular weight excluding hydrogens is 428 g/mol. The molecule has 0 fully saturated rings. The molecule has 35 heavy (non-hydrogen) atoms. The lowest BCUT2D eigenvalue weighted by Crippen LogP contribution is -2.07. The van der Waals surface area contributed by atoms with Gasteiger partial charge in [0.05, 0.1) is 5.69 Å². The highest BCUT2D eigenvalue weighted by molar-refractivity contribution is 6.02. The molecule has 0 bridgehead atoms. The number of nitrogens with zero attached hydrogens (tertiary/aromatic N) is 1. The third-order valence-electron chi connectivity index (χ3n) is 6.59. The second-order valence-corrected chi connectivity index (χ2v) is 9.16. The SMILES string of the molecule is CCCCCc1ccc(-c2ccc(/C=C\C(=O)Nc3ccc4c(c3)Cc3ccccc3-4)cc2)nc1. The molecular formula is C32H30N2O. The molecule has 1 aliphatic rings. The standard InChI is InChI=1S/C32H30N2O/c1-2-3-4-7-24-12-18-31(33-22-24)25-14-10-23(11-15-25)13-19-32(35)34-28-16-17-30-27(21-28)20-26-8-5-6-9-29(26)30/h5-6,8-19,21-22H,2-4,7,20H2,1H3,(H,34,35)/b19-13-. The molecule has 1 aliphatic carbocycles. The smallest absolute Gasteiger partial charge is 0.248 e. The van der Waals surface area contributed by atoms with Gasteiger partial charge in [0.2, 0.25) is 5.91 Å². The van der Waals surface area contributed by atoms with Crippen LogP contribution in [0.25, 0.3) is 28.5 Å². The number of hydrogen-bond donors (Lipinski definition) is 1. The van der Waals surface area contributed by atoms with Gasteiger partial charge in [-0.05, 0) is 76.9 Å². The van der Waals surface area contributed by atoms with Crippen LogP contribution in [0.4, 0.5) is 5.69 Å². The molecule has 174 valence electrons. The molecule has 0 aliphatic heterocycles. The first-order valence-electron chi connectivity index (χ1n) is 12.5. The molecule has 1 heterocycles. The van der Waals surface area contributed by atoms with Crippen LogP contribution in [0.2, 0.25) is 0 Å². The Balaban J connectivity index is 1.18. The summed E-state index contributed by atoms with van der Waals surface area (Å²) in [5, 5.41) is 2.99. The number of rotatable bonds is 8. The quantitative estimate of drug-likeness (QED) is 0.191. The van der Waals surface area contributed by atoms with Crippen LogP contribution in [-0.4, -0.2) is 10.9 Å². The third kappa shape index (κ3) is 5.41. The monoisotopic (exact) mass is 458 g/mol. The van der Waals surface area contributed by atoms with Gasteiger partial charge in [-0.15, -0.1) is 0 Å². The van der Waals surface area contributed by atoms with Gasteiger partial charge in [-0.25, -0.2) is 0 Å². The van der Waals surface area contributed by atoms with E-state index >= 15 is 0 Å². The number of aromatic nitrogens is 1. The number of benzene rings is 3. The minimum atomic E-state index is -0.134. The Morgan fingerprint density at radius 1 is 0.914 bits per heavy atom. The highest BCUT2D eigenvalue weighted by Gasteiger charge is 2.18. The second-order valence-electron chi connectivity index (χ2n) is 9.16. The lowest BCUT2D eigenvalue weighted by Gasteiger charge is -2.06. The van der Waals surface area contributed by atoms with E-state index in [-0.39, 0.29) is 5.91 Å². The summed E-state index contributed by atoms with van der Waals surface area (Å²) >= 11 is 0. The summed E-state index contributed by atoms with van der Waals surface area (Å²) in [4.78, 5) is 17.1. The number of carbonyl (C=O) groups is 1. The zero-order valence-electron chi connectivity index (χ0n) is 20.1. The van der Waals surface area contributed by atoms with Crippen LogP contribution < -0.4 is 5.32 Å². The van der Waals surface area contributed by atoms with Gasteiger partial charge >= 0.3 is 0 Å². The van der Waals surface area contributed by atoms with Crippen molar-refractivity contribution < 1.29 is 4.79 Å². The first-order valence-corrected chi connectivity index (χ1v) is 12.5. The van der Waals surface area contributed by atoms with E-state index in [1.54, 1.807) is 6.08 Å². The summed E-state index contributed by atoms with van der Waals surface area (Å²) in [5.41, 5.74) is 10.3. The zero-order valence-corrected chi connectivity index (χ0v) is 20.1. The van der Waals surface area contributed by atoms with E-state index in [9.17, 15) is 4.79 Å². The van der Waals surface area contributed by atoms with E-state index in [1.165, 1.54) is 47.1 Å². The van der Waals surface area contributed by atoms with Crippen molar-refractivity contribution >= 4 is 17.7 Å². The molecule has 1 N–H and O–H groups in total. The molecule has 0 saturated heterocycles. The number of nitrogens with one attached hydrogen (secondary N) is 1. The molecule has 5 rings (SSSR count). The summed E-state index contributed by atoms with van der Waals surface area (Å²) in [7, 11) is 0. The number of hydrogen-bond acceptors (Lipinski definition) is 2. The molecule has 4 aromatic rings. The number of amides is 1. The van der Waals surface area contributed by atoms with E-state index in [2.05, 4.69) is 77.9 Å². The highest BCUT2D eigenvalue weighted by atomic mass is 16.1. The maximum absolute atomic E-state index is 12.5. The molecule has 3 aromatic carbocycles. The average Bonchev–Trinajstić information content (AvgIpc) is 3.26. The van der Waals surface area contributed by atoms with E-state index in [1.807, 2.05) is 30.5 Å². The van der Waals surface area contributed by atoms with Crippen molar-refractivity contribution in [3.8, 4) is 22.4 Å². The largest absolute Gasteiger partial charge is 0.323 e. The van der Waals surface area contributed by atoms with Crippen molar-refractivity contribution in [2.45, 2.75) is 39.0 Å². The molecule has 3 nitrogen and oxygen atoms in total. The van der Waals surface area contributed by atoms with Crippen molar-refractivity contribution in [3.05, 3.63) is 113 Å². The fourth-order valence-electron chi connectivity index (χ4n) is 4.67. The van der Waals surface area contributed by atoms with Gasteiger partial charge < -0.3 is 5.32 Å². The Morgan fingerprint density at radius 3 is 2.54 bits per heavy atom. The summed E-state index contributed by atoms with van der Waals surface area (Å²) < 4.78 is 0. The van der Waals surface area contributed by atoms with Crippen molar-refractivity contribution in [2.24, 2.45) is 0 Å². The van der Waals surface area contributed by atoms with Crippen LogP contribution >= 0.6 is 0 Å². The third-order valence-corrected chi connectivity index (χ3v) is 6.59. The molecule has 0 saturated carbocycles. The fourth-order valence-corrected chi connectivity index (χ4v) is 4.67. The molecule has 1 amide bonds. The minimum Gasteiger partial charge on any atom is -0.323 e. The predicted octanol–water partition coefficient (Wildman–Crippen LogP) is 7.70. The number of anilines is 1. The van der Waals surface area contributed by atoms with Gasteiger partial charge in [-0.1, -0.05) is 80.4 Å². The number of fused-ring (bicyclic) bond motifs is 3. The Hall–Kier alpha value is -3.98. The lowest BCUT2D eigenvalue weighted by molar-refractivity contribution is -0.111. The fraction of sp³-hybridized carbons (Fsp3) is 0.188. The van der Waals surface area contributed by atoms with Gasteiger partial charge in [0.1, 0.15) is 0 Å². The van der Waals surface area contributed by atoms with Crippen molar-refractivity contribution in [1.82, 2.24) is 4.98 Å². The van der Waals surface area contributed by atoms with E-state index in [0.29, 0.717) is 0 Å². The first-order chi connectivity index (χ1) is 17.2. The molecule has 0 spiro atoms. The summed E-state index contributed by atoms with van der Waals surface area (Å²) in [6.07, 6.45) is 11.1. The number of carbonyl (C=O) groups excluding carboxylic acids is 1. The zero-order chi connectivity index (χ0) is 24.0.